The van der Waals surface area contributed by atoms with Crippen molar-refractivity contribution in [2.75, 3.05) is 14.3 Å². The first-order valence-electron chi connectivity index (χ1n) is 3.75. The molecule has 2 aromatic rings. The maximum absolute atomic E-state index is 9.50. The van der Waals surface area contributed by atoms with Crippen molar-refractivity contribution in [1.29, 1.82) is 0 Å². The van der Waals surface area contributed by atoms with Gasteiger partial charge in [0, 0.05) is 0 Å². The Hall–Kier alpha value is -1.58. The lowest BCUT2D eigenvalue weighted by Crippen LogP contribution is -1.81. The minimum Gasteiger partial charge on any atom is -0.496 e. The summed E-state index contributed by atoms with van der Waals surface area (Å²) < 4.78 is 14.6. The maximum Gasteiger partial charge on any atom is 0.129 e. The number of aromatic nitrogens is 2. The second-order valence-corrected chi connectivity index (χ2v) is 2.29. The van der Waals surface area contributed by atoms with Gasteiger partial charge >= 0.3 is 0 Å². The molecule has 0 aliphatic rings. The number of hydrogen-bond acceptors (Lipinski definition) is 2. The number of halogens is 1. The highest BCUT2D eigenvalue weighted by Gasteiger charge is 1.99. The topological polar surface area (TPSA) is 37.9 Å². The highest BCUT2D eigenvalue weighted by molar-refractivity contribution is 5.84. The molecule has 0 bridgehead atoms. The molecule has 0 spiro atoms. The number of hydrogen-bond donors (Lipinski definition) is 1. The molecule has 0 radical (unpaired) electrons. The molecule has 0 amide bonds. The zero-order chi connectivity index (χ0) is 9.68. The second-order valence-electron chi connectivity index (χ2n) is 2.29. The van der Waals surface area contributed by atoms with Gasteiger partial charge in [-0.1, -0.05) is 6.07 Å². The van der Waals surface area contributed by atoms with Gasteiger partial charge in [0.2, 0.25) is 0 Å². The van der Waals surface area contributed by atoms with Crippen molar-refractivity contribution in [2.45, 2.75) is 0 Å². The molecule has 4 heteroatoms. The van der Waals surface area contributed by atoms with Crippen LogP contribution in [0, 0.1) is 0 Å². The number of H-pyrrole nitrogens is 1. The van der Waals surface area contributed by atoms with E-state index in [1.807, 2.05) is 18.2 Å². The van der Waals surface area contributed by atoms with Crippen LogP contribution in [0.25, 0.3) is 10.9 Å². The summed E-state index contributed by atoms with van der Waals surface area (Å²) in [5.74, 6) is 0.858. The first-order valence-corrected chi connectivity index (χ1v) is 3.75. The number of alkyl halides is 1. The van der Waals surface area contributed by atoms with Gasteiger partial charge in [0.15, 0.2) is 0 Å². The van der Waals surface area contributed by atoms with E-state index in [-0.39, 0.29) is 0 Å². The van der Waals surface area contributed by atoms with Gasteiger partial charge in [-0.15, -0.1) is 0 Å². The normalized spacial score (nSPS) is 9.15. The molecule has 0 saturated carbocycles. The Kier molecular flexibility index (Phi) is 3.25. The fourth-order valence-electron chi connectivity index (χ4n) is 1.12. The van der Waals surface area contributed by atoms with Gasteiger partial charge in [0.25, 0.3) is 0 Å². The average Bonchev–Trinajstić information content (AvgIpc) is 2.68. The van der Waals surface area contributed by atoms with Crippen LogP contribution in [0.4, 0.5) is 4.39 Å². The summed E-state index contributed by atoms with van der Waals surface area (Å²) in [7, 11) is 2.15. The van der Waals surface area contributed by atoms with E-state index in [0.717, 1.165) is 16.7 Å². The minimum atomic E-state index is 0.500. The highest BCUT2D eigenvalue weighted by Crippen LogP contribution is 2.22. The van der Waals surface area contributed by atoms with Gasteiger partial charge in [-0.05, 0) is 12.1 Å². The monoisotopic (exact) mass is 182 g/mol. The van der Waals surface area contributed by atoms with Crippen molar-refractivity contribution in [3.05, 3.63) is 24.4 Å². The van der Waals surface area contributed by atoms with Crippen molar-refractivity contribution in [3.8, 4) is 5.75 Å². The average molecular weight is 182 g/mol. The van der Waals surface area contributed by atoms with Crippen LogP contribution in [0.5, 0.6) is 5.75 Å². The molecule has 1 aromatic heterocycles. The van der Waals surface area contributed by atoms with E-state index >= 15 is 0 Å². The molecule has 13 heavy (non-hydrogen) atoms. The van der Waals surface area contributed by atoms with Gasteiger partial charge in [0.05, 0.1) is 31.4 Å². The first kappa shape index (κ1) is 9.51. The van der Waals surface area contributed by atoms with E-state index in [1.54, 1.807) is 13.3 Å². The Morgan fingerprint density at radius 1 is 1.38 bits per heavy atom. The number of methoxy groups -OCH3 is 1. The summed E-state index contributed by atoms with van der Waals surface area (Å²) in [4.78, 5) is 0. The molecule has 3 nitrogen and oxygen atoms in total. The third-order valence-electron chi connectivity index (χ3n) is 1.66. The van der Waals surface area contributed by atoms with Crippen LogP contribution < -0.4 is 4.74 Å². The molecule has 2 rings (SSSR count). The van der Waals surface area contributed by atoms with Crippen molar-refractivity contribution < 1.29 is 9.13 Å². The number of aromatic amines is 1. The van der Waals surface area contributed by atoms with E-state index in [0.29, 0.717) is 7.18 Å². The summed E-state index contributed by atoms with van der Waals surface area (Å²) in [5, 5.41) is 7.79. The van der Waals surface area contributed by atoms with Gasteiger partial charge in [-0.2, -0.15) is 5.10 Å². The predicted octanol–water partition coefficient (Wildman–Crippen LogP) is 2.16. The SMILES string of the molecule is CF.COc1cccc2[nH]ncc12. The van der Waals surface area contributed by atoms with Gasteiger partial charge in [-0.3, -0.25) is 9.49 Å². The zero-order valence-electron chi connectivity index (χ0n) is 7.54. The number of ether oxygens (including phenoxy) is 1. The van der Waals surface area contributed by atoms with E-state index < -0.39 is 0 Å². The van der Waals surface area contributed by atoms with E-state index in [1.165, 1.54) is 0 Å². The maximum atomic E-state index is 9.50. The molecule has 70 valence electrons. The van der Waals surface area contributed by atoms with E-state index in [2.05, 4.69) is 10.2 Å². The summed E-state index contributed by atoms with van der Waals surface area (Å²) >= 11 is 0. The molecule has 0 saturated heterocycles. The van der Waals surface area contributed by atoms with Crippen LogP contribution in [0.2, 0.25) is 0 Å². The number of rotatable bonds is 1. The molecule has 1 N–H and O–H groups in total. The van der Waals surface area contributed by atoms with Crippen LogP contribution in [0.3, 0.4) is 0 Å². The highest BCUT2D eigenvalue weighted by atomic mass is 19.1. The first-order chi connectivity index (χ1) is 6.42. The number of nitrogens with one attached hydrogen (secondary N) is 1. The molecule has 1 aromatic carbocycles. The standard InChI is InChI=1S/C8H8N2O.CH3F/c1-11-8-4-2-3-7-6(8)5-9-10-7;1-2/h2-5H,1H3,(H,9,10);1H3. The van der Waals surface area contributed by atoms with Crippen LogP contribution >= 0.6 is 0 Å². The van der Waals surface area contributed by atoms with Gasteiger partial charge < -0.3 is 4.74 Å². The summed E-state index contributed by atoms with van der Waals surface area (Å²) in [5.41, 5.74) is 1.00. The largest absolute Gasteiger partial charge is 0.496 e. The summed E-state index contributed by atoms with van der Waals surface area (Å²) in [6.07, 6.45) is 1.76. The Morgan fingerprint density at radius 3 is 2.85 bits per heavy atom. The van der Waals surface area contributed by atoms with Crippen LogP contribution in [0.1, 0.15) is 0 Å². The number of benzene rings is 1. The smallest absolute Gasteiger partial charge is 0.129 e. The van der Waals surface area contributed by atoms with Crippen molar-refractivity contribution in [2.24, 2.45) is 0 Å². The molecular formula is C9H11FN2O. The molecule has 0 atom stereocenters. The quantitative estimate of drug-likeness (QED) is 0.733. The van der Waals surface area contributed by atoms with Crippen LogP contribution in [0.15, 0.2) is 24.4 Å². The molecule has 1 heterocycles. The lowest BCUT2D eigenvalue weighted by molar-refractivity contribution is 0.420. The summed E-state index contributed by atoms with van der Waals surface area (Å²) in [6.45, 7) is 0. The third-order valence-corrected chi connectivity index (χ3v) is 1.66. The second kappa shape index (κ2) is 4.45. The third kappa shape index (κ3) is 1.77. The Morgan fingerprint density at radius 2 is 2.15 bits per heavy atom. The minimum absolute atomic E-state index is 0.500. The molecule has 0 aliphatic heterocycles. The van der Waals surface area contributed by atoms with E-state index in [9.17, 15) is 4.39 Å². The Bertz CT molecular complexity index is 372. The molecule has 0 unspecified atom stereocenters. The number of fused-ring (bicyclic) bond motifs is 1. The molecular weight excluding hydrogens is 171 g/mol. The van der Waals surface area contributed by atoms with E-state index in [4.69, 9.17) is 4.74 Å². The van der Waals surface area contributed by atoms with Crippen LogP contribution in [-0.4, -0.2) is 24.5 Å². The predicted molar refractivity (Wildman–Crippen MR) is 49.7 cm³/mol. The lowest BCUT2D eigenvalue weighted by Gasteiger charge is -1.98. The van der Waals surface area contributed by atoms with Crippen molar-refractivity contribution in [3.63, 3.8) is 0 Å². The Balaban J connectivity index is 0.000000396. The van der Waals surface area contributed by atoms with Crippen molar-refractivity contribution >= 4 is 10.9 Å². The zero-order valence-corrected chi connectivity index (χ0v) is 7.54. The fraction of sp³-hybridized carbons (Fsp3) is 0.222. The number of nitrogens with zero attached hydrogens (tertiary/aromatic N) is 1. The van der Waals surface area contributed by atoms with Crippen LogP contribution in [-0.2, 0) is 0 Å². The lowest BCUT2D eigenvalue weighted by atomic mass is 10.2. The summed E-state index contributed by atoms with van der Waals surface area (Å²) in [6, 6.07) is 5.81. The van der Waals surface area contributed by atoms with Gasteiger partial charge in [0.1, 0.15) is 5.75 Å². The Labute approximate surface area is 75.5 Å². The molecule has 0 fully saturated rings. The van der Waals surface area contributed by atoms with Crippen molar-refractivity contribution in [1.82, 2.24) is 10.2 Å². The van der Waals surface area contributed by atoms with Gasteiger partial charge in [-0.25, -0.2) is 0 Å². The fourth-order valence-corrected chi connectivity index (χ4v) is 1.12. The molecule has 0 aliphatic carbocycles.